The number of carbonyl (C=O) groups is 1. The van der Waals surface area contributed by atoms with Crippen LogP contribution in [0.3, 0.4) is 0 Å². The minimum absolute atomic E-state index is 0.117. The summed E-state index contributed by atoms with van der Waals surface area (Å²) >= 11 is 3.55. The average Bonchev–Trinajstić information content (AvgIpc) is 2.70. The number of nitrogens with one attached hydrogen (secondary N) is 1. The van der Waals surface area contributed by atoms with Gasteiger partial charge in [-0.25, -0.2) is 0 Å². The molecule has 1 aromatic heterocycles. The van der Waals surface area contributed by atoms with E-state index >= 15 is 0 Å². The Kier molecular flexibility index (Phi) is 6.00. The number of unbranched alkanes of at least 4 members (excludes halogenated alkanes) is 2. The molecule has 0 aromatic carbocycles. The van der Waals surface area contributed by atoms with Crippen molar-refractivity contribution in [2.24, 2.45) is 0 Å². The van der Waals surface area contributed by atoms with Crippen molar-refractivity contribution in [2.45, 2.75) is 19.3 Å². The Hall–Kier alpha value is -0.240. The molecule has 0 aliphatic rings. The van der Waals surface area contributed by atoms with Crippen LogP contribution in [0.15, 0.2) is 5.38 Å². The van der Waals surface area contributed by atoms with Crippen molar-refractivity contribution < 1.29 is 4.79 Å². The largest absolute Gasteiger partial charge is 0.351 e. The van der Waals surface area contributed by atoms with Crippen LogP contribution < -0.4 is 5.32 Å². The Morgan fingerprint density at radius 3 is 3.00 bits per heavy atom. The van der Waals surface area contributed by atoms with Gasteiger partial charge in [0.05, 0.1) is 0 Å². The third-order valence-electron chi connectivity index (χ3n) is 1.69. The Bertz CT molecular complexity index is 266. The molecule has 0 atom stereocenters. The molecule has 1 rings (SSSR count). The Labute approximate surface area is 101 Å². The molecule has 0 radical (unpaired) electrons. The molecule has 4 nitrogen and oxygen atoms in total. The molecule has 0 aliphatic carbocycles. The van der Waals surface area contributed by atoms with Crippen molar-refractivity contribution in [3.63, 3.8) is 0 Å². The Morgan fingerprint density at radius 1 is 1.50 bits per heavy atom. The Balaban J connectivity index is 2.10. The highest BCUT2D eigenvalue weighted by atomic mass is 127. The maximum absolute atomic E-state index is 11.3. The third-order valence-corrected chi connectivity index (χ3v) is 2.96. The van der Waals surface area contributed by atoms with Gasteiger partial charge in [-0.15, -0.1) is 5.10 Å². The SMILES string of the molecule is O=C(NCCCCCI)c1csnn1. The molecule has 0 saturated carbocycles. The highest BCUT2D eigenvalue weighted by molar-refractivity contribution is 14.1. The first-order valence-electron chi connectivity index (χ1n) is 4.46. The van der Waals surface area contributed by atoms with E-state index in [1.54, 1.807) is 5.38 Å². The number of alkyl halides is 1. The summed E-state index contributed by atoms with van der Waals surface area (Å²) in [5.74, 6) is -0.117. The zero-order valence-electron chi connectivity index (χ0n) is 7.70. The molecule has 0 unspecified atom stereocenters. The fraction of sp³-hybridized carbons (Fsp3) is 0.625. The molecule has 0 bridgehead atoms. The third kappa shape index (κ3) is 4.32. The minimum atomic E-state index is -0.117. The molecule has 1 heterocycles. The van der Waals surface area contributed by atoms with E-state index in [4.69, 9.17) is 0 Å². The van der Waals surface area contributed by atoms with E-state index in [9.17, 15) is 4.79 Å². The van der Waals surface area contributed by atoms with E-state index in [0.717, 1.165) is 13.0 Å². The number of rotatable bonds is 6. The van der Waals surface area contributed by atoms with Crippen LogP contribution in [0.5, 0.6) is 0 Å². The van der Waals surface area contributed by atoms with Crippen LogP contribution in [0.4, 0.5) is 0 Å². The van der Waals surface area contributed by atoms with Gasteiger partial charge in [-0.1, -0.05) is 33.5 Å². The highest BCUT2D eigenvalue weighted by Gasteiger charge is 2.06. The molecule has 78 valence electrons. The van der Waals surface area contributed by atoms with Gasteiger partial charge in [-0.3, -0.25) is 4.79 Å². The summed E-state index contributed by atoms with van der Waals surface area (Å²) in [6, 6.07) is 0. The smallest absolute Gasteiger partial charge is 0.272 e. The van der Waals surface area contributed by atoms with Crippen LogP contribution >= 0.6 is 34.1 Å². The lowest BCUT2D eigenvalue weighted by Gasteiger charge is -2.01. The lowest BCUT2D eigenvalue weighted by atomic mass is 10.2. The normalized spacial score (nSPS) is 10.1. The number of amides is 1. The zero-order valence-corrected chi connectivity index (χ0v) is 10.7. The summed E-state index contributed by atoms with van der Waals surface area (Å²) in [7, 11) is 0. The van der Waals surface area contributed by atoms with Gasteiger partial charge in [-0.2, -0.15) is 0 Å². The monoisotopic (exact) mass is 325 g/mol. The summed E-state index contributed by atoms with van der Waals surface area (Å²) in [4.78, 5) is 11.3. The topological polar surface area (TPSA) is 54.9 Å². The number of halogens is 1. The van der Waals surface area contributed by atoms with Gasteiger partial charge in [0.2, 0.25) is 0 Å². The van der Waals surface area contributed by atoms with Gasteiger partial charge < -0.3 is 5.32 Å². The van der Waals surface area contributed by atoms with Crippen LogP contribution in [0, 0.1) is 0 Å². The first-order chi connectivity index (χ1) is 6.84. The number of hydrogen-bond donors (Lipinski definition) is 1. The molecule has 6 heteroatoms. The first kappa shape index (κ1) is 11.8. The molecule has 1 N–H and O–H groups in total. The molecule has 0 fully saturated rings. The molecular formula is C8H12IN3OS. The number of carbonyl (C=O) groups excluding carboxylic acids is 1. The average molecular weight is 325 g/mol. The summed E-state index contributed by atoms with van der Waals surface area (Å²) in [6.07, 6.45) is 3.42. The fourth-order valence-corrected chi connectivity index (χ4v) is 1.93. The van der Waals surface area contributed by atoms with E-state index < -0.39 is 0 Å². The molecular weight excluding hydrogens is 313 g/mol. The van der Waals surface area contributed by atoms with Crippen LogP contribution in [-0.4, -0.2) is 26.5 Å². The first-order valence-corrected chi connectivity index (χ1v) is 6.82. The van der Waals surface area contributed by atoms with Gasteiger partial charge in [0.1, 0.15) is 0 Å². The van der Waals surface area contributed by atoms with Gasteiger partial charge in [0.25, 0.3) is 5.91 Å². The second-order valence-electron chi connectivity index (χ2n) is 2.80. The Morgan fingerprint density at radius 2 is 2.36 bits per heavy atom. The summed E-state index contributed by atoms with van der Waals surface area (Å²) in [5, 5.41) is 8.15. The van der Waals surface area contributed by atoms with Gasteiger partial charge in [-0.05, 0) is 28.8 Å². The maximum atomic E-state index is 11.3. The van der Waals surface area contributed by atoms with Crippen molar-refractivity contribution >= 4 is 40.0 Å². The van der Waals surface area contributed by atoms with Crippen LogP contribution in [0.25, 0.3) is 0 Å². The van der Waals surface area contributed by atoms with Gasteiger partial charge in [0, 0.05) is 11.9 Å². The van der Waals surface area contributed by atoms with Crippen molar-refractivity contribution in [3.8, 4) is 0 Å². The van der Waals surface area contributed by atoms with Gasteiger partial charge in [0.15, 0.2) is 5.69 Å². The van der Waals surface area contributed by atoms with E-state index in [1.807, 2.05) is 0 Å². The maximum Gasteiger partial charge on any atom is 0.272 e. The summed E-state index contributed by atoms with van der Waals surface area (Å²) < 4.78 is 4.81. The standard InChI is InChI=1S/C8H12IN3OS/c9-4-2-1-3-5-10-8(13)7-6-14-12-11-7/h6H,1-5H2,(H,10,13). The highest BCUT2D eigenvalue weighted by Crippen LogP contribution is 1.99. The van der Waals surface area contributed by atoms with Crippen LogP contribution in [0.2, 0.25) is 0 Å². The fourth-order valence-electron chi connectivity index (χ4n) is 0.952. The minimum Gasteiger partial charge on any atom is -0.351 e. The summed E-state index contributed by atoms with van der Waals surface area (Å²) in [6.45, 7) is 0.729. The molecule has 0 saturated heterocycles. The predicted molar refractivity (Wildman–Crippen MR) is 65.0 cm³/mol. The van der Waals surface area contributed by atoms with Crippen molar-refractivity contribution in [1.82, 2.24) is 14.9 Å². The zero-order chi connectivity index (χ0) is 10.2. The van der Waals surface area contributed by atoms with Gasteiger partial charge >= 0.3 is 0 Å². The molecule has 1 aromatic rings. The second kappa shape index (κ2) is 7.10. The predicted octanol–water partition coefficient (Wildman–Crippen LogP) is 1.87. The summed E-state index contributed by atoms with van der Waals surface area (Å²) in [5.41, 5.74) is 0.420. The number of aromatic nitrogens is 2. The van der Waals surface area contributed by atoms with E-state index in [2.05, 4.69) is 37.5 Å². The molecule has 14 heavy (non-hydrogen) atoms. The second-order valence-corrected chi connectivity index (χ2v) is 4.48. The number of nitrogens with zero attached hydrogens (tertiary/aromatic N) is 2. The van der Waals surface area contributed by atoms with Crippen molar-refractivity contribution in [1.29, 1.82) is 0 Å². The van der Waals surface area contributed by atoms with E-state index in [-0.39, 0.29) is 5.91 Å². The van der Waals surface area contributed by atoms with Crippen LogP contribution in [-0.2, 0) is 0 Å². The quantitative estimate of drug-likeness (QED) is 0.494. The molecule has 1 amide bonds. The van der Waals surface area contributed by atoms with Crippen molar-refractivity contribution in [2.75, 3.05) is 11.0 Å². The lowest BCUT2D eigenvalue weighted by Crippen LogP contribution is -2.24. The molecule has 0 spiro atoms. The van der Waals surface area contributed by atoms with E-state index in [1.165, 1.54) is 28.8 Å². The van der Waals surface area contributed by atoms with E-state index in [0.29, 0.717) is 5.69 Å². The lowest BCUT2D eigenvalue weighted by molar-refractivity contribution is 0.0948. The van der Waals surface area contributed by atoms with Crippen LogP contribution in [0.1, 0.15) is 29.8 Å². The number of hydrogen-bond acceptors (Lipinski definition) is 4. The molecule has 0 aliphatic heterocycles. The van der Waals surface area contributed by atoms with Crippen molar-refractivity contribution in [3.05, 3.63) is 11.1 Å².